The van der Waals surface area contributed by atoms with Crippen molar-refractivity contribution in [2.75, 3.05) is 7.05 Å². The summed E-state index contributed by atoms with van der Waals surface area (Å²) in [4.78, 5) is 14.8. The van der Waals surface area contributed by atoms with Gasteiger partial charge in [0.25, 0.3) is 0 Å². The number of hydrogen-bond acceptors (Lipinski definition) is 4. The van der Waals surface area contributed by atoms with Crippen LogP contribution in [0.2, 0.25) is 0 Å². The predicted octanol–water partition coefficient (Wildman–Crippen LogP) is 2.11. The minimum Gasteiger partial charge on any atom is -0.356 e. The zero-order valence-corrected chi connectivity index (χ0v) is 12.8. The van der Waals surface area contributed by atoms with Gasteiger partial charge in [0.2, 0.25) is 5.91 Å². The molecule has 1 N–H and O–H groups in total. The molecule has 5 heteroatoms. The van der Waals surface area contributed by atoms with Gasteiger partial charge in [-0.1, -0.05) is 17.3 Å². The van der Waals surface area contributed by atoms with E-state index in [1.807, 2.05) is 24.3 Å². The fourth-order valence-electron chi connectivity index (χ4n) is 4.03. The van der Waals surface area contributed by atoms with Crippen molar-refractivity contribution in [1.29, 1.82) is 0 Å². The van der Waals surface area contributed by atoms with E-state index in [0.29, 0.717) is 24.5 Å². The van der Waals surface area contributed by atoms with Gasteiger partial charge < -0.3 is 14.7 Å². The highest BCUT2D eigenvalue weighted by molar-refractivity contribution is 5.86. The Morgan fingerprint density at radius 3 is 2.82 bits per heavy atom. The van der Waals surface area contributed by atoms with Crippen molar-refractivity contribution < 1.29 is 9.32 Å². The summed E-state index contributed by atoms with van der Waals surface area (Å²) in [6.45, 7) is 0. The topological polar surface area (TPSA) is 58.4 Å². The Morgan fingerprint density at radius 1 is 1.32 bits per heavy atom. The van der Waals surface area contributed by atoms with E-state index in [9.17, 15) is 4.79 Å². The third kappa shape index (κ3) is 2.39. The van der Waals surface area contributed by atoms with Gasteiger partial charge in [-0.3, -0.25) is 4.79 Å². The molecule has 1 unspecified atom stereocenters. The molecule has 4 rings (SSSR count). The number of aromatic nitrogens is 1. The van der Waals surface area contributed by atoms with Gasteiger partial charge in [-0.2, -0.15) is 0 Å². The molecule has 1 aromatic carbocycles. The van der Waals surface area contributed by atoms with Crippen molar-refractivity contribution >= 4 is 16.9 Å². The number of benzene rings is 1. The van der Waals surface area contributed by atoms with Crippen molar-refractivity contribution in [2.24, 2.45) is 0 Å². The Labute approximate surface area is 129 Å². The maximum atomic E-state index is 12.3. The molecule has 0 spiro atoms. The number of rotatable bonds is 3. The number of nitrogens with one attached hydrogen (secondary N) is 1. The lowest BCUT2D eigenvalue weighted by atomic mass is 9.98. The molecule has 0 saturated carbocycles. The molecule has 2 aromatic rings. The Morgan fingerprint density at radius 2 is 2.05 bits per heavy atom. The SMILES string of the molecule is CN1[C@@H]2CC[C@H]1CC(NC(=O)Cc1noc3ccccc13)C2. The molecule has 22 heavy (non-hydrogen) atoms. The molecule has 1 aromatic heterocycles. The second kappa shape index (κ2) is 5.39. The van der Waals surface area contributed by atoms with Crippen LogP contribution in [-0.4, -0.2) is 41.1 Å². The van der Waals surface area contributed by atoms with Gasteiger partial charge in [0.05, 0.1) is 6.42 Å². The van der Waals surface area contributed by atoms with Crippen molar-refractivity contribution in [3.63, 3.8) is 0 Å². The second-order valence-corrected chi connectivity index (χ2v) is 6.59. The summed E-state index contributed by atoms with van der Waals surface area (Å²) in [5.41, 5.74) is 1.46. The molecule has 3 heterocycles. The quantitative estimate of drug-likeness (QED) is 0.943. The third-order valence-corrected chi connectivity index (χ3v) is 5.24. The molecule has 116 valence electrons. The summed E-state index contributed by atoms with van der Waals surface area (Å²) < 4.78 is 5.26. The summed E-state index contributed by atoms with van der Waals surface area (Å²) >= 11 is 0. The van der Waals surface area contributed by atoms with Crippen molar-refractivity contribution in [3.8, 4) is 0 Å². The highest BCUT2D eigenvalue weighted by atomic mass is 16.5. The molecule has 2 aliphatic rings. The maximum Gasteiger partial charge on any atom is 0.226 e. The van der Waals surface area contributed by atoms with E-state index in [-0.39, 0.29) is 5.91 Å². The van der Waals surface area contributed by atoms with Crippen LogP contribution < -0.4 is 5.32 Å². The predicted molar refractivity (Wildman–Crippen MR) is 83.5 cm³/mol. The van der Waals surface area contributed by atoms with Gasteiger partial charge >= 0.3 is 0 Å². The minimum absolute atomic E-state index is 0.0491. The molecule has 2 aliphatic heterocycles. The third-order valence-electron chi connectivity index (χ3n) is 5.24. The monoisotopic (exact) mass is 299 g/mol. The lowest BCUT2D eigenvalue weighted by Crippen LogP contribution is -2.49. The summed E-state index contributed by atoms with van der Waals surface area (Å²) in [5.74, 6) is 0.0491. The average molecular weight is 299 g/mol. The van der Waals surface area contributed by atoms with Crippen molar-refractivity contribution in [1.82, 2.24) is 15.4 Å². The summed E-state index contributed by atoms with van der Waals surface area (Å²) in [6.07, 6.45) is 4.96. The molecular formula is C17H21N3O2. The Balaban J connectivity index is 1.41. The fraction of sp³-hybridized carbons (Fsp3) is 0.529. The number of nitrogens with zero attached hydrogens (tertiary/aromatic N) is 2. The number of fused-ring (bicyclic) bond motifs is 3. The van der Waals surface area contributed by atoms with Crippen LogP contribution in [0.3, 0.4) is 0 Å². The van der Waals surface area contributed by atoms with Gasteiger partial charge in [-0.25, -0.2) is 0 Å². The average Bonchev–Trinajstić information content (AvgIpc) is 2.98. The first kappa shape index (κ1) is 13.8. The van der Waals surface area contributed by atoms with E-state index in [4.69, 9.17) is 4.52 Å². The van der Waals surface area contributed by atoms with Gasteiger partial charge in [0.15, 0.2) is 5.58 Å². The van der Waals surface area contributed by atoms with Crippen LogP contribution in [0.1, 0.15) is 31.4 Å². The highest BCUT2D eigenvalue weighted by Gasteiger charge is 2.38. The van der Waals surface area contributed by atoms with Gasteiger partial charge in [-0.15, -0.1) is 0 Å². The number of piperidine rings is 1. The Hall–Kier alpha value is -1.88. The first-order valence-electron chi connectivity index (χ1n) is 8.05. The lowest BCUT2D eigenvalue weighted by Gasteiger charge is -2.36. The van der Waals surface area contributed by atoms with Crippen LogP contribution in [0.15, 0.2) is 28.8 Å². The molecular weight excluding hydrogens is 278 g/mol. The largest absolute Gasteiger partial charge is 0.356 e. The molecule has 1 amide bonds. The second-order valence-electron chi connectivity index (χ2n) is 6.59. The number of para-hydroxylation sites is 1. The first-order valence-corrected chi connectivity index (χ1v) is 8.05. The standard InChI is InChI=1S/C17H21N3O2/c1-20-12-6-7-13(20)9-11(8-12)18-17(21)10-15-14-4-2-3-5-16(14)22-19-15/h2-5,11-13H,6-10H2,1H3,(H,18,21)/t11?,12-,13+. The van der Waals surface area contributed by atoms with Crippen molar-refractivity contribution in [2.45, 2.75) is 50.2 Å². The van der Waals surface area contributed by atoms with Gasteiger partial charge in [-0.05, 0) is 44.9 Å². The zero-order chi connectivity index (χ0) is 15.1. The number of amides is 1. The van der Waals surface area contributed by atoms with E-state index in [0.717, 1.165) is 29.5 Å². The molecule has 0 radical (unpaired) electrons. The normalized spacial score (nSPS) is 28.1. The lowest BCUT2D eigenvalue weighted by molar-refractivity contribution is -0.121. The summed E-state index contributed by atoms with van der Waals surface area (Å²) in [6, 6.07) is 9.25. The van der Waals surface area contributed by atoms with Crippen LogP contribution in [-0.2, 0) is 11.2 Å². The molecule has 0 aliphatic carbocycles. The Kier molecular flexibility index (Phi) is 3.37. The minimum atomic E-state index is 0.0491. The maximum absolute atomic E-state index is 12.3. The van der Waals surface area contributed by atoms with Crippen LogP contribution in [0.5, 0.6) is 0 Å². The molecule has 2 fully saturated rings. The molecule has 2 bridgehead atoms. The van der Waals surface area contributed by atoms with E-state index in [1.54, 1.807) is 0 Å². The summed E-state index contributed by atoms with van der Waals surface area (Å²) in [7, 11) is 2.21. The number of carbonyl (C=O) groups excluding carboxylic acids is 1. The smallest absolute Gasteiger partial charge is 0.226 e. The fourth-order valence-corrected chi connectivity index (χ4v) is 4.03. The first-order chi connectivity index (χ1) is 10.7. The van der Waals surface area contributed by atoms with Gasteiger partial charge in [0, 0.05) is 23.5 Å². The number of carbonyl (C=O) groups is 1. The molecule has 2 saturated heterocycles. The Bertz CT molecular complexity index is 682. The van der Waals surface area contributed by atoms with E-state index < -0.39 is 0 Å². The van der Waals surface area contributed by atoms with Gasteiger partial charge in [0.1, 0.15) is 5.69 Å². The van der Waals surface area contributed by atoms with Crippen LogP contribution in [0.25, 0.3) is 11.0 Å². The van der Waals surface area contributed by atoms with E-state index in [1.165, 1.54) is 12.8 Å². The van der Waals surface area contributed by atoms with E-state index in [2.05, 4.69) is 22.4 Å². The van der Waals surface area contributed by atoms with Crippen LogP contribution in [0.4, 0.5) is 0 Å². The van der Waals surface area contributed by atoms with Crippen molar-refractivity contribution in [3.05, 3.63) is 30.0 Å². The number of hydrogen-bond donors (Lipinski definition) is 1. The molecule has 5 nitrogen and oxygen atoms in total. The summed E-state index contributed by atoms with van der Waals surface area (Å²) in [5, 5.41) is 8.17. The van der Waals surface area contributed by atoms with Crippen LogP contribution in [0, 0.1) is 0 Å². The van der Waals surface area contributed by atoms with Crippen LogP contribution >= 0.6 is 0 Å². The highest BCUT2D eigenvalue weighted by Crippen LogP contribution is 2.34. The molecule has 3 atom stereocenters. The zero-order valence-electron chi connectivity index (χ0n) is 12.8. The van der Waals surface area contributed by atoms with E-state index >= 15 is 0 Å².